The van der Waals surface area contributed by atoms with Crippen LogP contribution in [0.25, 0.3) is 16.3 Å². The van der Waals surface area contributed by atoms with Crippen LogP contribution < -0.4 is 4.80 Å². The molecule has 2 aromatic carbocycles. The van der Waals surface area contributed by atoms with E-state index >= 15 is 0 Å². The number of hydrogen-bond donors (Lipinski definition) is 0. The molecule has 0 saturated carbocycles. The Balaban J connectivity index is 2.05. The molecule has 7 heteroatoms. The number of amides is 1. The van der Waals surface area contributed by atoms with E-state index < -0.39 is 5.91 Å². The third-order valence-corrected chi connectivity index (χ3v) is 5.68. The van der Waals surface area contributed by atoms with Gasteiger partial charge in [-0.15, -0.1) is 6.42 Å². The van der Waals surface area contributed by atoms with Crippen LogP contribution in [0.4, 0.5) is 0 Å². The van der Waals surface area contributed by atoms with E-state index in [4.69, 9.17) is 41.2 Å². The van der Waals surface area contributed by atoms with E-state index in [1.165, 1.54) is 17.4 Å². The topological polar surface area (TPSA) is 34.4 Å². The molecule has 0 aliphatic carbocycles. The quantitative estimate of drug-likeness (QED) is 0.410. The molecule has 0 radical (unpaired) electrons. The van der Waals surface area contributed by atoms with Crippen molar-refractivity contribution in [2.45, 2.75) is 6.54 Å². The smallest absolute Gasteiger partial charge is 0.272 e. The first-order valence-corrected chi connectivity index (χ1v) is 9.38. The number of carbonyl (C=O) groups excluding carboxylic acids is 1. The van der Waals surface area contributed by atoms with E-state index in [-0.39, 0.29) is 6.54 Å². The number of fused-ring (bicyclic) bond motifs is 1. The van der Waals surface area contributed by atoms with Crippen molar-refractivity contribution in [1.82, 2.24) is 4.57 Å². The highest BCUT2D eigenvalue weighted by Gasteiger charge is 2.12. The van der Waals surface area contributed by atoms with Crippen molar-refractivity contribution < 1.29 is 4.79 Å². The van der Waals surface area contributed by atoms with Gasteiger partial charge in [-0.1, -0.05) is 70.3 Å². The Hall–Kier alpha value is -2.03. The van der Waals surface area contributed by atoms with Crippen LogP contribution in [0.15, 0.2) is 47.5 Å². The Bertz CT molecular complexity index is 1140. The van der Waals surface area contributed by atoms with Gasteiger partial charge in [0.25, 0.3) is 5.91 Å². The lowest BCUT2D eigenvalue weighted by molar-refractivity contribution is -0.113. The molecule has 3 aromatic rings. The molecule has 0 saturated heterocycles. The normalized spacial score (nSPS) is 12.0. The van der Waals surface area contributed by atoms with Crippen molar-refractivity contribution in [2.24, 2.45) is 4.99 Å². The number of thiazole rings is 1. The molecule has 0 aliphatic heterocycles. The van der Waals surface area contributed by atoms with Gasteiger partial charge in [0.15, 0.2) is 4.80 Å². The fourth-order valence-electron chi connectivity index (χ4n) is 2.33. The van der Waals surface area contributed by atoms with Crippen molar-refractivity contribution in [2.75, 3.05) is 0 Å². The van der Waals surface area contributed by atoms with Gasteiger partial charge in [0, 0.05) is 11.1 Å². The molecule has 0 fully saturated rings. The summed E-state index contributed by atoms with van der Waals surface area (Å²) in [5.41, 5.74) is 1.41. The highest BCUT2D eigenvalue weighted by Crippen LogP contribution is 2.32. The average molecular weight is 422 g/mol. The number of benzene rings is 2. The fourth-order valence-corrected chi connectivity index (χ4v) is 4.05. The number of carbonyl (C=O) groups is 1. The number of hydrogen-bond acceptors (Lipinski definition) is 2. The number of nitrogens with zero attached hydrogens (tertiary/aromatic N) is 2. The summed E-state index contributed by atoms with van der Waals surface area (Å²) in [5.74, 6) is 2.12. The Kier molecular flexibility index (Phi) is 5.85. The van der Waals surface area contributed by atoms with E-state index in [0.29, 0.717) is 25.4 Å². The van der Waals surface area contributed by atoms with Crippen LogP contribution in [0, 0.1) is 12.3 Å². The van der Waals surface area contributed by atoms with Gasteiger partial charge in [0.2, 0.25) is 0 Å². The van der Waals surface area contributed by atoms with Crippen molar-refractivity contribution >= 4 is 68.3 Å². The van der Waals surface area contributed by atoms with Crippen molar-refractivity contribution in [3.8, 4) is 12.3 Å². The fraction of sp³-hybridized carbons (Fsp3) is 0.0526. The monoisotopic (exact) mass is 420 g/mol. The first-order valence-electron chi connectivity index (χ1n) is 7.43. The van der Waals surface area contributed by atoms with Gasteiger partial charge >= 0.3 is 0 Å². The van der Waals surface area contributed by atoms with E-state index in [2.05, 4.69) is 10.9 Å². The maximum absolute atomic E-state index is 12.3. The highest BCUT2D eigenvalue weighted by atomic mass is 35.5. The van der Waals surface area contributed by atoms with Gasteiger partial charge in [0.05, 0.1) is 26.8 Å². The molecule has 3 nitrogen and oxygen atoms in total. The summed E-state index contributed by atoms with van der Waals surface area (Å²) in [6.45, 7) is 0.223. The number of aromatic nitrogens is 1. The molecule has 130 valence electrons. The molecule has 0 unspecified atom stereocenters. The maximum atomic E-state index is 12.3. The number of halogens is 3. The Labute approximate surface area is 169 Å². The van der Waals surface area contributed by atoms with Crippen LogP contribution in [0.1, 0.15) is 5.56 Å². The lowest BCUT2D eigenvalue weighted by Gasteiger charge is -2.02. The molecular formula is C19H11Cl3N2OS. The zero-order valence-electron chi connectivity index (χ0n) is 13.2. The van der Waals surface area contributed by atoms with Crippen LogP contribution in [0.3, 0.4) is 0 Å². The molecule has 1 heterocycles. The van der Waals surface area contributed by atoms with E-state index in [1.54, 1.807) is 22.8 Å². The van der Waals surface area contributed by atoms with Crippen molar-refractivity contribution in [3.63, 3.8) is 0 Å². The molecule has 26 heavy (non-hydrogen) atoms. The summed E-state index contributed by atoms with van der Waals surface area (Å²) in [6.07, 6.45) is 8.44. The SMILES string of the molecule is C#CCn1c(=NC(=O)/C=C/c2ccccc2Cl)sc2ccc(Cl)c(Cl)c21. The molecule has 0 aliphatic rings. The highest BCUT2D eigenvalue weighted by molar-refractivity contribution is 7.16. The van der Waals surface area contributed by atoms with Crippen LogP contribution >= 0.6 is 46.1 Å². The molecule has 0 N–H and O–H groups in total. The summed E-state index contributed by atoms with van der Waals surface area (Å²) in [7, 11) is 0. The summed E-state index contributed by atoms with van der Waals surface area (Å²) >= 11 is 19.8. The van der Waals surface area contributed by atoms with E-state index in [1.807, 2.05) is 24.3 Å². The first-order chi connectivity index (χ1) is 12.5. The maximum Gasteiger partial charge on any atom is 0.272 e. The second-order valence-corrected chi connectivity index (χ2v) is 7.39. The Morgan fingerprint density at radius 2 is 1.96 bits per heavy atom. The molecule has 0 atom stereocenters. The largest absolute Gasteiger partial charge is 0.303 e. The lowest BCUT2D eigenvalue weighted by atomic mass is 10.2. The summed E-state index contributed by atoms with van der Waals surface area (Å²) in [6, 6.07) is 10.7. The van der Waals surface area contributed by atoms with Crippen LogP contribution in [-0.2, 0) is 11.3 Å². The second kappa shape index (κ2) is 8.11. The summed E-state index contributed by atoms with van der Waals surface area (Å²) in [5, 5.41) is 1.36. The third-order valence-electron chi connectivity index (χ3n) is 3.50. The second-order valence-electron chi connectivity index (χ2n) is 5.19. The van der Waals surface area contributed by atoms with Gasteiger partial charge in [0.1, 0.15) is 0 Å². The molecular weight excluding hydrogens is 411 g/mol. The standard InChI is InChI=1S/C19H11Cl3N2OS/c1-2-11-24-18-15(9-8-14(21)17(18)22)26-19(24)23-16(25)10-7-12-5-3-4-6-13(12)20/h1,3-10H,11H2/b10-7+,23-19?. The molecule has 3 rings (SSSR count). The van der Waals surface area contributed by atoms with Crippen LogP contribution in [0.2, 0.25) is 15.1 Å². The van der Waals surface area contributed by atoms with Gasteiger partial charge in [-0.05, 0) is 29.8 Å². The number of terminal acetylenes is 1. The minimum atomic E-state index is -0.426. The van der Waals surface area contributed by atoms with E-state index in [9.17, 15) is 4.79 Å². The van der Waals surface area contributed by atoms with Gasteiger partial charge in [-0.2, -0.15) is 4.99 Å². The van der Waals surface area contributed by atoms with Gasteiger partial charge in [-0.25, -0.2) is 0 Å². The van der Waals surface area contributed by atoms with Crippen LogP contribution in [0.5, 0.6) is 0 Å². The van der Waals surface area contributed by atoms with Crippen LogP contribution in [-0.4, -0.2) is 10.5 Å². The predicted molar refractivity (Wildman–Crippen MR) is 110 cm³/mol. The summed E-state index contributed by atoms with van der Waals surface area (Å²) < 4.78 is 2.55. The van der Waals surface area contributed by atoms with Gasteiger partial charge < -0.3 is 4.57 Å². The van der Waals surface area contributed by atoms with Gasteiger partial charge in [-0.3, -0.25) is 4.79 Å². The molecule has 1 aromatic heterocycles. The Morgan fingerprint density at radius 1 is 1.19 bits per heavy atom. The lowest BCUT2D eigenvalue weighted by Crippen LogP contribution is -2.16. The van der Waals surface area contributed by atoms with Crippen molar-refractivity contribution in [3.05, 3.63) is 67.9 Å². The minimum absolute atomic E-state index is 0.223. The van der Waals surface area contributed by atoms with E-state index in [0.717, 1.165) is 10.3 Å². The van der Waals surface area contributed by atoms with Crippen molar-refractivity contribution in [1.29, 1.82) is 0 Å². The minimum Gasteiger partial charge on any atom is -0.303 e. The predicted octanol–water partition coefficient (Wildman–Crippen LogP) is 5.44. The molecule has 0 bridgehead atoms. The average Bonchev–Trinajstić information content (AvgIpc) is 2.96. The number of rotatable bonds is 3. The molecule has 1 amide bonds. The Morgan fingerprint density at radius 3 is 2.69 bits per heavy atom. The summed E-state index contributed by atoms with van der Waals surface area (Å²) in [4.78, 5) is 16.9. The first kappa shape index (κ1) is 18.8. The molecule has 0 spiro atoms. The third kappa shape index (κ3) is 3.87. The zero-order chi connectivity index (χ0) is 18.7. The zero-order valence-corrected chi connectivity index (χ0v) is 16.3.